The molecule has 0 radical (unpaired) electrons. The van der Waals surface area contributed by atoms with Crippen LogP contribution in [0.1, 0.15) is 24.0 Å². The van der Waals surface area contributed by atoms with Crippen LogP contribution in [0.25, 0.3) is 0 Å². The van der Waals surface area contributed by atoms with Gasteiger partial charge in [-0.3, -0.25) is 4.79 Å². The minimum absolute atomic E-state index is 0.00528. The molecular weight excluding hydrogens is 267 g/mol. The van der Waals surface area contributed by atoms with E-state index in [1.165, 1.54) is 17.0 Å². The highest BCUT2D eigenvalue weighted by Gasteiger charge is 2.27. The van der Waals surface area contributed by atoms with Crippen molar-refractivity contribution < 1.29 is 18.0 Å². The molecule has 1 heterocycles. The highest BCUT2D eigenvalue weighted by atomic mass is 19.3. The predicted molar refractivity (Wildman–Crippen MR) is 70.0 cm³/mol. The van der Waals surface area contributed by atoms with E-state index in [-0.39, 0.29) is 11.5 Å². The first-order valence-electron chi connectivity index (χ1n) is 6.48. The zero-order valence-corrected chi connectivity index (χ0v) is 11.0. The molecule has 1 saturated heterocycles. The molecule has 2 rings (SSSR count). The maximum Gasteiger partial charge on any atom is 0.281 e. The summed E-state index contributed by atoms with van der Waals surface area (Å²) in [4.78, 5) is 12.9. The van der Waals surface area contributed by atoms with Gasteiger partial charge in [-0.2, -0.15) is 0 Å². The molecular formula is C15H16F3NO. The van der Waals surface area contributed by atoms with Crippen molar-refractivity contribution in [2.75, 3.05) is 13.1 Å². The van der Waals surface area contributed by atoms with Crippen molar-refractivity contribution in [1.82, 2.24) is 4.90 Å². The second kappa shape index (κ2) is 6.11. The van der Waals surface area contributed by atoms with Gasteiger partial charge in [-0.05, 0) is 24.3 Å². The number of hydrogen-bond acceptors (Lipinski definition) is 1. The third-order valence-electron chi connectivity index (χ3n) is 3.56. The van der Waals surface area contributed by atoms with E-state index >= 15 is 0 Å². The SMILES string of the molecule is C=C(F)C(=O)N1CCC(Cc2ccc(C(F)F)cc2)C1. The van der Waals surface area contributed by atoms with Gasteiger partial charge in [-0.1, -0.05) is 30.8 Å². The molecule has 1 aliphatic heterocycles. The molecule has 108 valence electrons. The standard InChI is InChI=1S/C15H16F3NO/c1-10(16)15(20)19-7-6-12(9-19)8-11-2-4-13(5-3-11)14(17)18/h2-5,12,14H,1,6-9H2. The zero-order valence-electron chi connectivity index (χ0n) is 11.0. The van der Waals surface area contributed by atoms with E-state index in [0.717, 1.165) is 12.0 Å². The summed E-state index contributed by atoms with van der Waals surface area (Å²) in [5, 5.41) is 0. The fourth-order valence-corrected chi connectivity index (χ4v) is 2.49. The van der Waals surface area contributed by atoms with Gasteiger partial charge in [-0.25, -0.2) is 13.2 Å². The predicted octanol–water partition coefficient (Wildman–Crippen LogP) is 3.50. The summed E-state index contributed by atoms with van der Waals surface area (Å²) in [6.45, 7) is 4.01. The molecule has 0 saturated carbocycles. The van der Waals surface area contributed by atoms with Gasteiger partial charge in [0.15, 0.2) is 5.83 Å². The first kappa shape index (κ1) is 14.6. The summed E-state index contributed by atoms with van der Waals surface area (Å²) in [5.74, 6) is -1.36. The molecule has 1 amide bonds. The molecule has 0 aromatic heterocycles. The fourth-order valence-electron chi connectivity index (χ4n) is 2.49. The Morgan fingerprint density at radius 2 is 2.00 bits per heavy atom. The highest BCUT2D eigenvalue weighted by molar-refractivity contribution is 5.90. The average Bonchev–Trinajstić information content (AvgIpc) is 2.86. The van der Waals surface area contributed by atoms with E-state index in [4.69, 9.17) is 0 Å². The third kappa shape index (κ3) is 3.40. The monoisotopic (exact) mass is 283 g/mol. The molecule has 1 fully saturated rings. The van der Waals surface area contributed by atoms with E-state index in [9.17, 15) is 18.0 Å². The van der Waals surface area contributed by atoms with Gasteiger partial charge in [0.2, 0.25) is 0 Å². The normalized spacial score (nSPS) is 18.6. The summed E-state index contributed by atoms with van der Waals surface area (Å²) in [5.41, 5.74) is 0.957. The van der Waals surface area contributed by atoms with Gasteiger partial charge < -0.3 is 4.90 Å². The lowest BCUT2D eigenvalue weighted by Crippen LogP contribution is -2.28. The second-order valence-electron chi connectivity index (χ2n) is 5.06. The van der Waals surface area contributed by atoms with Crippen molar-refractivity contribution in [3.8, 4) is 0 Å². The first-order valence-corrected chi connectivity index (χ1v) is 6.48. The number of amides is 1. The Kier molecular flexibility index (Phi) is 4.47. The molecule has 20 heavy (non-hydrogen) atoms. The Labute approximate surface area is 115 Å². The van der Waals surface area contributed by atoms with E-state index in [0.29, 0.717) is 19.5 Å². The van der Waals surface area contributed by atoms with Gasteiger partial charge in [0.25, 0.3) is 12.3 Å². The Morgan fingerprint density at radius 1 is 1.35 bits per heavy atom. The van der Waals surface area contributed by atoms with Crippen LogP contribution in [0.15, 0.2) is 36.7 Å². The van der Waals surface area contributed by atoms with Crippen LogP contribution in [-0.4, -0.2) is 23.9 Å². The lowest BCUT2D eigenvalue weighted by molar-refractivity contribution is -0.127. The maximum atomic E-state index is 12.8. The molecule has 0 spiro atoms. The number of hydrogen-bond donors (Lipinski definition) is 0. The van der Waals surface area contributed by atoms with Gasteiger partial charge >= 0.3 is 0 Å². The minimum Gasteiger partial charge on any atom is -0.336 e. The molecule has 0 N–H and O–H groups in total. The smallest absolute Gasteiger partial charge is 0.281 e. The molecule has 1 aromatic carbocycles. The van der Waals surface area contributed by atoms with Crippen LogP contribution < -0.4 is 0 Å². The fraction of sp³-hybridized carbons (Fsp3) is 0.400. The van der Waals surface area contributed by atoms with Crippen LogP contribution in [0, 0.1) is 5.92 Å². The molecule has 0 aliphatic carbocycles. The molecule has 1 atom stereocenters. The number of halogens is 3. The van der Waals surface area contributed by atoms with Gasteiger partial charge in [0.05, 0.1) is 0 Å². The molecule has 2 nitrogen and oxygen atoms in total. The summed E-state index contributed by atoms with van der Waals surface area (Å²) in [6, 6.07) is 6.20. The zero-order chi connectivity index (χ0) is 14.7. The lowest BCUT2D eigenvalue weighted by atomic mass is 9.98. The van der Waals surface area contributed by atoms with Crippen LogP contribution in [0.2, 0.25) is 0 Å². The Morgan fingerprint density at radius 3 is 2.55 bits per heavy atom. The molecule has 5 heteroatoms. The van der Waals surface area contributed by atoms with Crippen molar-refractivity contribution in [1.29, 1.82) is 0 Å². The lowest BCUT2D eigenvalue weighted by Gasteiger charge is -2.15. The Hall–Kier alpha value is -1.78. The third-order valence-corrected chi connectivity index (χ3v) is 3.56. The first-order chi connectivity index (χ1) is 9.47. The van der Waals surface area contributed by atoms with E-state index in [1.807, 2.05) is 0 Å². The van der Waals surface area contributed by atoms with Crippen LogP contribution >= 0.6 is 0 Å². The van der Waals surface area contributed by atoms with Crippen LogP contribution in [0.4, 0.5) is 13.2 Å². The van der Waals surface area contributed by atoms with Crippen molar-refractivity contribution >= 4 is 5.91 Å². The Bertz CT molecular complexity index is 498. The number of nitrogens with zero attached hydrogens (tertiary/aromatic N) is 1. The number of benzene rings is 1. The van der Waals surface area contributed by atoms with E-state index in [1.54, 1.807) is 12.1 Å². The number of likely N-dealkylation sites (tertiary alicyclic amines) is 1. The average molecular weight is 283 g/mol. The summed E-state index contributed by atoms with van der Waals surface area (Å²) >= 11 is 0. The van der Waals surface area contributed by atoms with E-state index < -0.39 is 18.2 Å². The van der Waals surface area contributed by atoms with Gasteiger partial charge in [0, 0.05) is 18.7 Å². The van der Waals surface area contributed by atoms with E-state index in [2.05, 4.69) is 6.58 Å². The Balaban J connectivity index is 1.92. The summed E-state index contributed by atoms with van der Waals surface area (Å²) in [7, 11) is 0. The summed E-state index contributed by atoms with van der Waals surface area (Å²) in [6.07, 6.45) is -0.971. The van der Waals surface area contributed by atoms with Crippen molar-refractivity contribution in [2.24, 2.45) is 5.92 Å². The molecule has 1 unspecified atom stereocenters. The van der Waals surface area contributed by atoms with Crippen molar-refractivity contribution in [2.45, 2.75) is 19.3 Å². The number of alkyl halides is 2. The number of rotatable bonds is 4. The molecule has 1 aliphatic rings. The quantitative estimate of drug-likeness (QED) is 0.774. The maximum absolute atomic E-state index is 12.8. The van der Waals surface area contributed by atoms with Gasteiger partial charge in [0.1, 0.15) is 0 Å². The molecule has 0 bridgehead atoms. The van der Waals surface area contributed by atoms with Crippen LogP contribution in [0.3, 0.4) is 0 Å². The topological polar surface area (TPSA) is 20.3 Å². The molecule has 1 aromatic rings. The second-order valence-corrected chi connectivity index (χ2v) is 5.06. The number of carbonyl (C=O) groups is 1. The van der Waals surface area contributed by atoms with Crippen molar-refractivity contribution in [3.63, 3.8) is 0 Å². The minimum atomic E-state index is -2.46. The highest BCUT2D eigenvalue weighted by Crippen LogP contribution is 2.24. The van der Waals surface area contributed by atoms with Crippen molar-refractivity contribution in [3.05, 3.63) is 47.8 Å². The van der Waals surface area contributed by atoms with Crippen LogP contribution in [-0.2, 0) is 11.2 Å². The number of carbonyl (C=O) groups excluding carboxylic acids is 1. The van der Waals surface area contributed by atoms with Crippen LogP contribution in [0.5, 0.6) is 0 Å². The largest absolute Gasteiger partial charge is 0.336 e. The van der Waals surface area contributed by atoms with Gasteiger partial charge in [-0.15, -0.1) is 0 Å². The summed E-state index contributed by atoms with van der Waals surface area (Å²) < 4.78 is 37.6.